The maximum absolute atomic E-state index is 13.4. The Kier molecular flexibility index (Phi) is 6.90. The van der Waals surface area contributed by atoms with E-state index in [2.05, 4.69) is 4.90 Å². The van der Waals surface area contributed by atoms with E-state index < -0.39 is 5.60 Å². The van der Waals surface area contributed by atoms with E-state index in [0.29, 0.717) is 34.4 Å². The summed E-state index contributed by atoms with van der Waals surface area (Å²) in [7, 11) is 1.78. The number of piperidine rings is 1. The zero-order chi connectivity index (χ0) is 25.3. The van der Waals surface area contributed by atoms with E-state index in [0.717, 1.165) is 31.5 Å². The number of fused-ring (bicyclic) bond motifs is 1. The van der Waals surface area contributed by atoms with E-state index in [-0.39, 0.29) is 23.3 Å². The standard InChI is InChI=1S/C28H34N2O5/c1-18-24(19-9-7-6-8-10-19)25(32)21-11-12-23(31)22(26(21)34-18)17-30-15-13-20(14-16-30)29(5)27(33)35-28(2,3)4/h6-12,20,31H,13-17H2,1-5H3. The number of aromatic hydroxyl groups is 1. The van der Waals surface area contributed by atoms with E-state index in [9.17, 15) is 14.7 Å². The van der Waals surface area contributed by atoms with Crippen LogP contribution in [0.25, 0.3) is 22.1 Å². The normalized spacial score (nSPS) is 15.3. The lowest BCUT2D eigenvalue weighted by Crippen LogP contribution is -2.46. The lowest BCUT2D eigenvalue weighted by molar-refractivity contribution is 0.0149. The molecule has 4 rings (SSSR count). The maximum atomic E-state index is 13.4. The number of aryl methyl sites for hydroxylation is 1. The number of phenols is 1. The maximum Gasteiger partial charge on any atom is 0.410 e. The molecule has 0 bridgehead atoms. The second-order valence-corrected chi connectivity index (χ2v) is 10.3. The molecule has 7 heteroatoms. The minimum Gasteiger partial charge on any atom is -0.507 e. The molecule has 1 aromatic heterocycles. The second-order valence-electron chi connectivity index (χ2n) is 10.3. The van der Waals surface area contributed by atoms with E-state index in [1.165, 1.54) is 0 Å². The molecule has 1 aliphatic rings. The Morgan fingerprint density at radius 2 is 1.80 bits per heavy atom. The average molecular weight is 479 g/mol. The van der Waals surface area contributed by atoms with Crippen LogP contribution in [0.3, 0.4) is 0 Å². The summed E-state index contributed by atoms with van der Waals surface area (Å²) in [5.74, 6) is 0.638. The first-order chi connectivity index (χ1) is 16.5. The van der Waals surface area contributed by atoms with Crippen LogP contribution < -0.4 is 5.43 Å². The summed E-state index contributed by atoms with van der Waals surface area (Å²) in [4.78, 5) is 29.7. The van der Waals surface area contributed by atoms with Crippen LogP contribution in [0.15, 0.2) is 51.7 Å². The largest absolute Gasteiger partial charge is 0.507 e. The van der Waals surface area contributed by atoms with Crippen molar-refractivity contribution in [3.63, 3.8) is 0 Å². The van der Waals surface area contributed by atoms with Crippen LogP contribution in [0.2, 0.25) is 0 Å². The van der Waals surface area contributed by atoms with Crippen LogP contribution in [-0.4, -0.2) is 52.8 Å². The minimum atomic E-state index is -0.527. The predicted molar refractivity (Wildman–Crippen MR) is 137 cm³/mol. The van der Waals surface area contributed by atoms with Gasteiger partial charge in [0.1, 0.15) is 22.7 Å². The highest BCUT2D eigenvalue weighted by Crippen LogP contribution is 2.32. The molecule has 1 fully saturated rings. The molecule has 3 aromatic rings. The van der Waals surface area contributed by atoms with Gasteiger partial charge < -0.3 is 19.2 Å². The molecule has 0 atom stereocenters. The highest BCUT2D eigenvalue weighted by Gasteiger charge is 2.29. The second kappa shape index (κ2) is 9.74. The number of carbonyl (C=O) groups is 1. The third kappa shape index (κ3) is 5.35. The van der Waals surface area contributed by atoms with Crippen LogP contribution in [-0.2, 0) is 11.3 Å². The van der Waals surface area contributed by atoms with Gasteiger partial charge in [0.25, 0.3) is 0 Å². The average Bonchev–Trinajstić information content (AvgIpc) is 2.80. The predicted octanol–water partition coefficient (Wildman–Crippen LogP) is 5.31. The summed E-state index contributed by atoms with van der Waals surface area (Å²) in [6, 6.07) is 12.8. The van der Waals surface area contributed by atoms with Gasteiger partial charge in [-0.25, -0.2) is 4.79 Å². The lowest BCUT2D eigenvalue weighted by Gasteiger charge is -2.37. The van der Waals surface area contributed by atoms with Crippen LogP contribution in [0, 0.1) is 6.92 Å². The molecule has 1 N–H and O–H groups in total. The topological polar surface area (TPSA) is 83.2 Å². The fourth-order valence-electron chi connectivity index (χ4n) is 4.67. The van der Waals surface area contributed by atoms with E-state index >= 15 is 0 Å². The van der Waals surface area contributed by atoms with Crippen molar-refractivity contribution < 1.29 is 19.1 Å². The number of hydrogen-bond acceptors (Lipinski definition) is 6. The van der Waals surface area contributed by atoms with Crippen LogP contribution in [0.1, 0.15) is 44.9 Å². The number of phenolic OH excluding ortho intramolecular Hbond substituents is 1. The first kappa shape index (κ1) is 24.8. The van der Waals surface area contributed by atoms with E-state index in [1.54, 1.807) is 31.0 Å². The molecular formula is C28H34N2O5. The molecule has 1 amide bonds. The minimum absolute atomic E-state index is 0.0934. The molecule has 0 aliphatic carbocycles. The smallest absolute Gasteiger partial charge is 0.410 e. The van der Waals surface area contributed by atoms with Gasteiger partial charge in [-0.2, -0.15) is 0 Å². The third-order valence-corrected chi connectivity index (χ3v) is 6.55. The lowest BCUT2D eigenvalue weighted by atomic mass is 10.00. The highest BCUT2D eigenvalue weighted by atomic mass is 16.6. The van der Waals surface area contributed by atoms with Crippen molar-refractivity contribution in [3.05, 3.63) is 64.0 Å². The van der Waals surface area contributed by atoms with Gasteiger partial charge in [-0.05, 0) is 58.2 Å². The number of amides is 1. The van der Waals surface area contributed by atoms with Gasteiger partial charge >= 0.3 is 6.09 Å². The van der Waals surface area contributed by atoms with Gasteiger partial charge in [0.2, 0.25) is 5.43 Å². The fourth-order valence-corrected chi connectivity index (χ4v) is 4.67. The van der Waals surface area contributed by atoms with Gasteiger partial charge in [-0.3, -0.25) is 9.69 Å². The molecule has 1 aliphatic heterocycles. The molecule has 0 spiro atoms. The van der Waals surface area contributed by atoms with Crippen molar-refractivity contribution >= 4 is 17.1 Å². The quantitative estimate of drug-likeness (QED) is 0.548. The van der Waals surface area contributed by atoms with Gasteiger partial charge in [0, 0.05) is 32.7 Å². The van der Waals surface area contributed by atoms with Gasteiger partial charge in [-0.1, -0.05) is 30.3 Å². The van der Waals surface area contributed by atoms with E-state index in [1.807, 2.05) is 51.1 Å². The summed E-state index contributed by atoms with van der Waals surface area (Å²) < 4.78 is 11.7. The summed E-state index contributed by atoms with van der Waals surface area (Å²) in [5, 5.41) is 11.1. The fraction of sp³-hybridized carbons (Fsp3) is 0.429. The Morgan fingerprint density at radius 1 is 1.14 bits per heavy atom. The Bertz CT molecular complexity index is 1270. The Labute approximate surface area is 205 Å². The molecule has 186 valence electrons. The SMILES string of the molecule is Cc1oc2c(CN3CCC(N(C)C(=O)OC(C)(C)C)CC3)c(O)ccc2c(=O)c1-c1ccccc1. The van der Waals surface area contributed by atoms with Crippen molar-refractivity contribution in [1.29, 1.82) is 0 Å². The number of nitrogens with zero attached hydrogens (tertiary/aromatic N) is 2. The van der Waals surface area contributed by atoms with Crippen molar-refractivity contribution in [2.75, 3.05) is 20.1 Å². The number of ether oxygens (including phenoxy) is 1. The monoisotopic (exact) mass is 478 g/mol. The summed E-state index contributed by atoms with van der Waals surface area (Å²) >= 11 is 0. The number of carbonyl (C=O) groups excluding carboxylic acids is 1. The number of hydrogen-bond donors (Lipinski definition) is 1. The summed E-state index contributed by atoms with van der Waals surface area (Å²) in [5.41, 5.74) is 1.77. The highest BCUT2D eigenvalue weighted by molar-refractivity contribution is 5.86. The van der Waals surface area contributed by atoms with Crippen molar-refractivity contribution in [3.8, 4) is 16.9 Å². The zero-order valence-electron chi connectivity index (χ0n) is 21.1. The number of rotatable bonds is 4. The van der Waals surface area contributed by atoms with Crippen LogP contribution >= 0.6 is 0 Å². The summed E-state index contributed by atoms with van der Waals surface area (Å²) in [6.07, 6.45) is 1.28. The van der Waals surface area contributed by atoms with Gasteiger partial charge in [0.15, 0.2) is 0 Å². The molecule has 0 unspecified atom stereocenters. The third-order valence-electron chi connectivity index (χ3n) is 6.55. The summed E-state index contributed by atoms with van der Waals surface area (Å²) in [6.45, 7) is 9.33. The van der Waals surface area contributed by atoms with Crippen LogP contribution in [0.5, 0.6) is 5.75 Å². The molecule has 2 heterocycles. The Hall–Kier alpha value is -3.32. The first-order valence-electron chi connectivity index (χ1n) is 12.1. The van der Waals surface area contributed by atoms with Crippen molar-refractivity contribution in [2.45, 2.75) is 58.7 Å². The Morgan fingerprint density at radius 3 is 2.43 bits per heavy atom. The van der Waals surface area contributed by atoms with Gasteiger partial charge in [-0.15, -0.1) is 0 Å². The van der Waals surface area contributed by atoms with Gasteiger partial charge in [0.05, 0.1) is 16.5 Å². The number of benzene rings is 2. The molecule has 2 aromatic carbocycles. The molecule has 0 saturated carbocycles. The van der Waals surface area contributed by atoms with Crippen molar-refractivity contribution in [2.24, 2.45) is 0 Å². The molecule has 7 nitrogen and oxygen atoms in total. The number of likely N-dealkylation sites (tertiary alicyclic amines) is 1. The first-order valence-corrected chi connectivity index (χ1v) is 12.1. The Balaban J connectivity index is 1.54. The van der Waals surface area contributed by atoms with E-state index in [4.69, 9.17) is 9.15 Å². The van der Waals surface area contributed by atoms with Crippen LogP contribution in [0.4, 0.5) is 4.79 Å². The molecule has 1 saturated heterocycles. The zero-order valence-corrected chi connectivity index (χ0v) is 21.1. The molecular weight excluding hydrogens is 444 g/mol. The molecule has 35 heavy (non-hydrogen) atoms. The van der Waals surface area contributed by atoms with Crippen molar-refractivity contribution in [1.82, 2.24) is 9.80 Å². The molecule has 0 radical (unpaired) electrons.